The van der Waals surface area contributed by atoms with Crippen LogP contribution in [-0.2, 0) is 14.3 Å². The van der Waals surface area contributed by atoms with Crippen LogP contribution >= 0.6 is 23.2 Å². The van der Waals surface area contributed by atoms with Crippen LogP contribution in [-0.4, -0.2) is 23.5 Å². The summed E-state index contributed by atoms with van der Waals surface area (Å²) in [5, 5.41) is 3.04. The fraction of sp³-hybridized carbons (Fsp3) is 0.235. The number of rotatable bonds is 6. The van der Waals surface area contributed by atoms with E-state index in [0.29, 0.717) is 11.4 Å². The van der Waals surface area contributed by atoms with Crippen molar-refractivity contribution in [3.8, 4) is 0 Å². The van der Waals surface area contributed by atoms with Gasteiger partial charge in [0.2, 0.25) is 0 Å². The highest BCUT2D eigenvalue weighted by atomic mass is 35.5. The zero-order valence-electron chi connectivity index (χ0n) is 13.0. The minimum absolute atomic E-state index is 0.164. The maximum atomic E-state index is 12.2. The van der Waals surface area contributed by atoms with Gasteiger partial charge in [0.05, 0.1) is 16.0 Å². The van der Waals surface area contributed by atoms with Gasteiger partial charge in [-0.2, -0.15) is 0 Å². The Morgan fingerprint density at radius 3 is 2.58 bits per heavy atom. The van der Waals surface area contributed by atoms with E-state index >= 15 is 0 Å². The third kappa shape index (κ3) is 4.94. The van der Waals surface area contributed by atoms with Crippen LogP contribution in [0.4, 0.5) is 5.82 Å². The molecule has 0 saturated carbocycles. The van der Waals surface area contributed by atoms with Crippen molar-refractivity contribution in [2.24, 2.45) is 0 Å². The van der Waals surface area contributed by atoms with E-state index < -0.39 is 24.4 Å². The number of aromatic nitrogens is 1. The first-order valence-electron chi connectivity index (χ1n) is 7.33. The molecule has 0 spiro atoms. The number of ether oxygens (including phenoxy) is 1. The molecule has 0 bridgehead atoms. The second-order valence-corrected chi connectivity index (χ2v) is 5.86. The van der Waals surface area contributed by atoms with E-state index in [4.69, 9.17) is 27.9 Å². The molecule has 0 aliphatic rings. The minimum Gasteiger partial charge on any atom is -0.455 e. The van der Waals surface area contributed by atoms with Gasteiger partial charge in [-0.25, -0.2) is 4.98 Å². The van der Waals surface area contributed by atoms with Crippen LogP contribution < -0.4 is 5.32 Å². The van der Waals surface area contributed by atoms with Crippen molar-refractivity contribution in [3.05, 3.63) is 58.2 Å². The maximum Gasteiger partial charge on any atom is 0.313 e. The lowest BCUT2D eigenvalue weighted by atomic mass is 9.97. The van der Waals surface area contributed by atoms with E-state index in [9.17, 15) is 9.59 Å². The van der Waals surface area contributed by atoms with E-state index in [-0.39, 0.29) is 10.8 Å². The van der Waals surface area contributed by atoms with Gasteiger partial charge in [-0.1, -0.05) is 60.5 Å². The molecule has 1 aromatic carbocycles. The van der Waals surface area contributed by atoms with Gasteiger partial charge in [0.25, 0.3) is 5.91 Å². The number of nitrogens with one attached hydrogen (secondary N) is 1. The first-order chi connectivity index (χ1) is 11.5. The van der Waals surface area contributed by atoms with Crippen LogP contribution in [0.5, 0.6) is 0 Å². The molecule has 0 aliphatic heterocycles. The van der Waals surface area contributed by atoms with Crippen molar-refractivity contribution in [1.29, 1.82) is 0 Å². The van der Waals surface area contributed by atoms with Gasteiger partial charge >= 0.3 is 5.97 Å². The molecule has 0 unspecified atom stereocenters. The Kier molecular flexibility index (Phi) is 6.58. The summed E-state index contributed by atoms with van der Waals surface area (Å²) < 4.78 is 5.10. The van der Waals surface area contributed by atoms with Gasteiger partial charge in [-0.05, 0) is 18.1 Å². The smallest absolute Gasteiger partial charge is 0.313 e. The molecular formula is C17H16Cl2N2O3. The van der Waals surface area contributed by atoms with Crippen molar-refractivity contribution in [2.75, 3.05) is 11.9 Å². The summed E-state index contributed by atoms with van der Waals surface area (Å²) in [4.78, 5) is 28.0. The molecule has 1 amide bonds. The zero-order valence-corrected chi connectivity index (χ0v) is 14.5. The number of amides is 1. The van der Waals surface area contributed by atoms with Crippen LogP contribution in [0.3, 0.4) is 0 Å². The number of anilines is 1. The Balaban J connectivity index is 1.92. The fourth-order valence-electron chi connectivity index (χ4n) is 2.14. The lowest BCUT2D eigenvalue weighted by Gasteiger charge is -2.14. The Bertz CT molecular complexity index is 723. The Labute approximate surface area is 149 Å². The molecule has 5 nitrogen and oxygen atoms in total. The minimum atomic E-state index is -0.525. The fourth-order valence-corrected chi connectivity index (χ4v) is 2.56. The zero-order chi connectivity index (χ0) is 17.5. The van der Waals surface area contributed by atoms with Gasteiger partial charge < -0.3 is 10.1 Å². The summed E-state index contributed by atoms with van der Waals surface area (Å²) in [7, 11) is 0. The second kappa shape index (κ2) is 8.66. The number of carbonyl (C=O) groups excluding carboxylic acids is 2. The molecule has 1 atom stereocenters. The van der Waals surface area contributed by atoms with Gasteiger partial charge in [0, 0.05) is 6.20 Å². The predicted molar refractivity (Wildman–Crippen MR) is 93.3 cm³/mol. The van der Waals surface area contributed by atoms with E-state index in [1.165, 1.54) is 12.3 Å². The summed E-state index contributed by atoms with van der Waals surface area (Å²) in [6.45, 7) is 1.47. The number of esters is 1. The first-order valence-corrected chi connectivity index (χ1v) is 8.09. The predicted octanol–water partition coefficient (Wildman–Crippen LogP) is 4.06. The highest BCUT2D eigenvalue weighted by Gasteiger charge is 2.21. The van der Waals surface area contributed by atoms with Crippen LogP contribution in [0.1, 0.15) is 24.8 Å². The molecule has 0 radical (unpaired) electrons. The van der Waals surface area contributed by atoms with E-state index in [1.807, 2.05) is 37.3 Å². The highest BCUT2D eigenvalue weighted by Crippen LogP contribution is 2.23. The van der Waals surface area contributed by atoms with E-state index in [1.54, 1.807) is 0 Å². The summed E-state index contributed by atoms with van der Waals surface area (Å²) in [6, 6.07) is 10.7. The van der Waals surface area contributed by atoms with Crippen molar-refractivity contribution < 1.29 is 14.3 Å². The normalized spacial score (nSPS) is 11.6. The quantitative estimate of drug-likeness (QED) is 0.782. The molecule has 2 aromatic rings. The SMILES string of the molecule is CC[C@@H](C(=O)OCC(=O)Nc1ncc(Cl)cc1Cl)c1ccccc1. The average Bonchev–Trinajstić information content (AvgIpc) is 2.57. The molecular weight excluding hydrogens is 351 g/mol. The van der Waals surface area contributed by atoms with E-state index in [2.05, 4.69) is 10.3 Å². The average molecular weight is 367 g/mol. The molecule has 7 heteroatoms. The van der Waals surface area contributed by atoms with Crippen LogP contribution in [0.2, 0.25) is 10.0 Å². The monoisotopic (exact) mass is 366 g/mol. The molecule has 24 heavy (non-hydrogen) atoms. The largest absolute Gasteiger partial charge is 0.455 e. The third-order valence-corrected chi connectivity index (χ3v) is 3.80. The lowest BCUT2D eigenvalue weighted by molar-refractivity contribution is -0.149. The van der Waals surface area contributed by atoms with Gasteiger partial charge in [0.1, 0.15) is 0 Å². The highest BCUT2D eigenvalue weighted by molar-refractivity contribution is 6.36. The topological polar surface area (TPSA) is 68.3 Å². The van der Waals surface area contributed by atoms with Crippen molar-refractivity contribution in [3.63, 3.8) is 0 Å². The number of benzene rings is 1. The summed E-state index contributed by atoms with van der Waals surface area (Å²) in [5.74, 6) is -1.22. The van der Waals surface area contributed by atoms with E-state index in [0.717, 1.165) is 5.56 Å². The molecule has 1 aromatic heterocycles. The molecule has 2 rings (SSSR count). The van der Waals surface area contributed by atoms with Crippen molar-refractivity contribution in [2.45, 2.75) is 19.3 Å². The molecule has 0 fully saturated rings. The Morgan fingerprint density at radius 1 is 1.25 bits per heavy atom. The van der Waals surface area contributed by atoms with Crippen LogP contribution in [0, 0.1) is 0 Å². The maximum absolute atomic E-state index is 12.2. The second-order valence-electron chi connectivity index (χ2n) is 5.01. The summed E-state index contributed by atoms with van der Waals surface area (Å²) >= 11 is 11.7. The molecule has 1 heterocycles. The molecule has 126 valence electrons. The molecule has 0 saturated heterocycles. The standard InChI is InChI=1S/C17H16Cl2N2O3/c1-2-13(11-6-4-3-5-7-11)17(23)24-10-15(22)21-16-14(19)8-12(18)9-20-16/h3-9,13H,2,10H2,1H3,(H,20,21,22)/t13-/m1/s1. The first kappa shape index (κ1) is 18.2. The number of carbonyl (C=O) groups is 2. The Hall–Kier alpha value is -2.11. The lowest BCUT2D eigenvalue weighted by Crippen LogP contribution is -2.24. The van der Waals surface area contributed by atoms with Gasteiger partial charge in [-0.15, -0.1) is 0 Å². The number of nitrogens with zero attached hydrogens (tertiary/aromatic N) is 1. The summed E-state index contributed by atoms with van der Waals surface area (Å²) in [5.41, 5.74) is 0.854. The third-order valence-electron chi connectivity index (χ3n) is 3.31. The number of halogens is 2. The van der Waals surface area contributed by atoms with Crippen molar-refractivity contribution >= 4 is 40.9 Å². The van der Waals surface area contributed by atoms with Gasteiger partial charge in [-0.3, -0.25) is 9.59 Å². The number of hydrogen-bond acceptors (Lipinski definition) is 4. The molecule has 0 aliphatic carbocycles. The Morgan fingerprint density at radius 2 is 1.96 bits per heavy atom. The number of hydrogen-bond donors (Lipinski definition) is 1. The van der Waals surface area contributed by atoms with Crippen molar-refractivity contribution in [1.82, 2.24) is 4.98 Å². The number of pyridine rings is 1. The van der Waals surface area contributed by atoms with Crippen LogP contribution in [0.25, 0.3) is 0 Å². The van der Waals surface area contributed by atoms with Crippen LogP contribution in [0.15, 0.2) is 42.6 Å². The molecule has 1 N–H and O–H groups in total. The van der Waals surface area contributed by atoms with Gasteiger partial charge in [0.15, 0.2) is 12.4 Å². The summed E-state index contributed by atoms with van der Waals surface area (Å²) in [6.07, 6.45) is 1.94.